The Morgan fingerprint density at radius 3 is 2.70 bits per heavy atom. The molecule has 1 unspecified atom stereocenters. The molecule has 0 radical (unpaired) electrons. The van der Waals surface area contributed by atoms with E-state index in [1.54, 1.807) is 0 Å². The van der Waals surface area contributed by atoms with Crippen molar-refractivity contribution in [3.8, 4) is 11.4 Å². The van der Waals surface area contributed by atoms with Crippen molar-refractivity contribution in [1.82, 2.24) is 9.55 Å². The van der Waals surface area contributed by atoms with Gasteiger partial charge in [-0.05, 0) is 30.2 Å². The van der Waals surface area contributed by atoms with Crippen LogP contribution in [0.2, 0.25) is 5.15 Å². The number of hydrogen-bond acceptors (Lipinski definition) is 2. The van der Waals surface area contributed by atoms with Crippen molar-refractivity contribution in [1.29, 1.82) is 0 Å². The molecule has 0 saturated heterocycles. The van der Waals surface area contributed by atoms with Crippen LogP contribution in [0.25, 0.3) is 11.4 Å². The molecule has 0 fully saturated rings. The van der Waals surface area contributed by atoms with E-state index < -0.39 is 6.10 Å². The fraction of sp³-hybridized carbons (Fsp3) is 0.188. The number of aliphatic hydroxyl groups excluding tert-OH is 1. The Morgan fingerprint density at radius 2 is 1.95 bits per heavy atom. The van der Waals surface area contributed by atoms with Gasteiger partial charge < -0.3 is 9.67 Å². The summed E-state index contributed by atoms with van der Waals surface area (Å²) in [5.41, 5.74) is 2.90. The second kappa shape index (κ2) is 5.27. The fourth-order valence-corrected chi connectivity index (χ4v) is 2.54. The van der Waals surface area contributed by atoms with Crippen molar-refractivity contribution >= 4 is 11.6 Å². The molecule has 102 valence electrons. The van der Waals surface area contributed by atoms with Crippen LogP contribution in [0, 0.1) is 6.92 Å². The van der Waals surface area contributed by atoms with Crippen LogP contribution in [0.4, 0.5) is 0 Å². The Morgan fingerprint density at radius 1 is 1.20 bits per heavy atom. The average molecular weight is 287 g/mol. The molecule has 0 saturated carbocycles. The van der Waals surface area contributed by atoms with Gasteiger partial charge in [0.2, 0.25) is 0 Å². The van der Waals surface area contributed by atoms with E-state index in [9.17, 15) is 5.11 Å². The lowest BCUT2D eigenvalue weighted by Gasteiger charge is -2.16. The van der Waals surface area contributed by atoms with Gasteiger partial charge in [0.25, 0.3) is 0 Å². The molecule has 0 bridgehead atoms. The molecule has 3 nitrogen and oxygen atoms in total. The summed E-state index contributed by atoms with van der Waals surface area (Å²) in [5, 5.41) is 10.9. The van der Waals surface area contributed by atoms with Gasteiger partial charge in [-0.25, -0.2) is 4.98 Å². The minimum Gasteiger partial charge on any atom is -0.387 e. The third-order valence-electron chi connectivity index (χ3n) is 3.51. The summed E-state index contributed by atoms with van der Waals surface area (Å²) in [6.07, 6.45) is 1.35. The van der Waals surface area contributed by atoms with E-state index in [-0.39, 0.29) is 0 Å². The Kier molecular flexibility index (Phi) is 3.47. The van der Waals surface area contributed by atoms with Crippen LogP contribution >= 0.6 is 11.6 Å². The zero-order valence-electron chi connectivity index (χ0n) is 11.1. The molecule has 1 atom stereocenters. The van der Waals surface area contributed by atoms with Crippen molar-refractivity contribution in [2.75, 3.05) is 0 Å². The topological polar surface area (TPSA) is 38.0 Å². The number of halogens is 1. The van der Waals surface area contributed by atoms with Gasteiger partial charge >= 0.3 is 0 Å². The second-order valence-corrected chi connectivity index (χ2v) is 5.21. The molecule has 0 aromatic heterocycles. The van der Waals surface area contributed by atoms with Gasteiger partial charge in [-0.1, -0.05) is 41.9 Å². The molecule has 4 heteroatoms. The number of benzene rings is 1. The number of fused-ring (bicyclic) bond motifs is 1. The maximum atomic E-state index is 10.3. The molecule has 1 aromatic carbocycles. The molecule has 0 aliphatic carbocycles. The number of aliphatic hydroxyl groups is 1. The predicted molar refractivity (Wildman–Crippen MR) is 80.0 cm³/mol. The highest BCUT2D eigenvalue weighted by molar-refractivity contribution is 6.31. The Labute approximate surface area is 122 Å². The third-order valence-corrected chi connectivity index (χ3v) is 3.88. The van der Waals surface area contributed by atoms with Crippen molar-refractivity contribution in [2.45, 2.75) is 19.6 Å². The minimum atomic E-state index is -0.567. The van der Waals surface area contributed by atoms with Crippen LogP contribution in [0.5, 0.6) is 0 Å². The van der Waals surface area contributed by atoms with Crippen LogP contribution in [0.3, 0.4) is 0 Å². The van der Waals surface area contributed by atoms with Crippen molar-refractivity contribution in [2.24, 2.45) is 0 Å². The van der Waals surface area contributed by atoms with E-state index in [0.29, 0.717) is 11.7 Å². The monoisotopic (exact) mass is 286 g/mol. The Balaban J connectivity index is 1.93. The van der Waals surface area contributed by atoms with Gasteiger partial charge in [0, 0.05) is 11.8 Å². The average Bonchev–Trinajstić information content (AvgIpc) is 2.77. The molecule has 1 N–H and O–H groups in total. The number of hydrogen-bond donors (Lipinski definition) is 1. The van der Waals surface area contributed by atoms with Crippen molar-refractivity contribution in [3.05, 3.63) is 64.9 Å². The zero-order valence-corrected chi connectivity index (χ0v) is 11.9. The summed E-state index contributed by atoms with van der Waals surface area (Å²) in [5.74, 6) is 0.810. The van der Waals surface area contributed by atoms with E-state index in [4.69, 9.17) is 11.6 Å². The van der Waals surface area contributed by atoms with E-state index in [1.165, 1.54) is 0 Å². The lowest BCUT2D eigenvalue weighted by molar-refractivity contribution is 0.156. The number of rotatable bonds is 3. The van der Waals surface area contributed by atoms with Gasteiger partial charge in [0.1, 0.15) is 11.0 Å². The first-order valence-electron chi connectivity index (χ1n) is 6.51. The normalized spacial score (nSPS) is 12.8. The largest absolute Gasteiger partial charge is 0.387 e. The first-order chi connectivity index (χ1) is 9.66. The van der Waals surface area contributed by atoms with Gasteiger partial charge in [0.05, 0.1) is 12.6 Å². The zero-order chi connectivity index (χ0) is 14.1. The first-order valence-corrected chi connectivity index (χ1v) is 6.88. The highest BCUT2D eigenvalue weighted by Crippen LogP contribution is 2.31. The quantitative estimate of drug-likeness (QED) is 0.797. The summed E-state index contributed by atoms with van der Waals surface area (Å²) < 4.78 is 1.94. The molecular formula is C16H15ClN2O. The lowest BCUT2D eigenvalue weighted by Crippen LogP contribution is -2.11. The van der Waals surface area contributed by atoms with Crippen molar-refractivity contribution < 1.29 is 5.11 Å². The van der Waals surface area contributed by atoms with E-state index >= 15 is 0 Å². The molecule has 1 aromatic rings. The highest BCUT2D eigenvalue weighted by Gasteiger charge is 2.17. The molecule has 3 rings (SSSR count). The summed E-state index contributed by atoms with van der Waals surface area (Å²) >= 11 is 6.09. The maximum Gasteiger partial charge on any atom is 0.142 e. The van der Waals surface area contributed by atoms with Crippen LogP contribution in [-0.2, 0) is 6.54 Å². The van der Waals surface area contributed by atoms with Crippen LogP contribution in [0.15, 0.2) is 48.7 Å². The number of pyridine rings is 1. The van der Waals surface area contributed by atoms with Gasteiger partial charge in [0.15, 0.2) is 0 Å². The van der Waals surface area contributed by atoms with E-state index in [2.05, 4.69) is 4.98 Å². The fourth-order valence-electron chi connectivity index (χ4n) is 2.36. The summed E-state index contributed by atoms with van der Waals surface area (Å²) in [4.78, 5) is 4.38. The van der Waals surface area contributed by atoms with Crippen molar-refractivity contribution in [3.63, 3.8) is 0 Å². The second-order valence-electron chi connectivity index (χ2n) is 4.85. The molecule has 2 heterocycles. The summed E-state index contributed by atoms with van der Waals surface area (Å²) in [7, 11) is 0. The van der Waals surface area contributed by atoms with E-state index in [1.807, 2.05) is 60.2 Å². The van der Waals surface area contributed by atoms with Crippen LogP contribution < -0.4 is 0 Å². The SMILES string of the molecule is Cc1c2cccn(CC(O)c3ccccc3)c-2nc1Cl. The van der Waals surface area contributed by atoms with E-state index in [0.717, 1.165) is 22.5 Å². The summed E-state index contributed by atoms with van der Waals surface area (Å²) in [6.45, 7) is 2.41. The first kappa shape index (κ1) is 13.2. The smallest absolute Gasteiger partial charge is 0.142 e. The molecule has 2 aliphatic rings. The maximum absolute atomic E-state index is 10.3. The Bertz CT molecular complexity index is 693. The lowest BCUT2D eigenvalue weighted by atomic mass is 10.1. The van der Waals surface area contributed by atoms with Gasteiger partial charge in [-0.3, -0.25) is 0 Å². The molecule has 0 amide bonds. The highest BCUT2D eigenvalue weighted by atomic mass is 35.5. The van der Waals surface area contributed by atoms with Crippen LogP contribution in [-0.4, -0.2) is 14.7 Å². The molecule has 20 heavy (non-hydrogen) atoms. The van der Waals surface area contributed by atoms with Gasteiger partial charge in [-0.2, -0.15) is 0 Å². The number of aromatic nitrogens is 2. The molecule has 2 aliphatic heterocycles. The van der Waals surface area contributed by atoms with Crippen LogP contribution in [0.1, 0.15) is 17.2 Å². The minimum absolute atomic E-state index is 0.453. The summed E-state index contributed by atoms with van der Waals surface area (Å²) in [6, 6.07) is 13.6. The predicted octanol–water partition coefficient (Wildman–Crippen LogP) is 3.68. The number of nitrogens with zero attached hydrogens (tertiary/aromatic N) is 2. The Hall–Kier alpha value is -1.84. The van der Waals surface area contributed by atoms with Gasteiger partial charge in [-0.15, -0.1) is 0 Å². The molecular weight excluding hydrogens is 272 g/mol. The standard InChI is InChI=1S/C16H15ClN2O/c1-11-13-8-5-9-19(16(13)18-15(11)17)10-14(20)12-6-3-2-4-7-12/h2-9,14,20H,10H2,1H3. The molecule has 0 spiro atoms. The third kappa shape index (κ3) is 2.30.